The lowest BCUT2D eigenvalue weighted by Gasteiger charge is -2.06. The lowest BCUT2D eigenvalue weighted by molar-refractivity contribution is 0.728. The molecule has 2 aromatic heterocycles. The van der Waals surface area contributed by atoms with Crippen LogP contribution in [0.5, 0.6) is 0 Å². The summed E-state index contributed by atoms with van der Waals surface area (Å²) in [6.07, 6.45) is 3.20. The molecule has 0 aliphatic carbocycles. The zero-order valence-corrected chi connectivity index (χ0v) is 9.11. The number of hydrogen-bond acceptors (Lipinski definition) is 3. The highest BCUT2D eigenvalue weighted by Crippen LogP contribution is 2.30. The Hall–Kier alpha value is -0.580. The molecule has 1 saturated heterocycles. The molecule has 3 heterocycles. The standard InChI is InChI=1S/C9H10ClN3S/c10-8-7(6-1-2-11-5-6)13-3-4-14-9(13)12-8/h3-4,6,11H,1-2,5H2. The van der Waals surface area contributed by atoms with Gasteiger partial charge in [0, 0.05) is 24.0 Å². The SMILES string of the molecule is Clc1nc2sccn2c1C1CCNC1. The number of nitrogens with one attached hydrogen (secondary N) is 1. The van der Waals surface area contributed by atoms with Crippen LogP contribution in [0.2, 0.25) is 5.15 Å². The predicted octanol–water partition coefficient (Wildman–Crippen LogP) is 2.13. The number of aromatic nitrogens is 2. The van der Waals surface area contributed by atoms with E-state index in [1.165, 1.54) is 5.69 Å². The van der Waals surface area contributed by atoms with Crippen LogP contribution in [0.25, 0.3) is 4.96 Å². The third kappa shape index (κ3) is 1.18. The van der Waals surface area contributed by atoms with E-state index >= 15 is 0 Å². The van der Waals surface area contributed by atoms with Crippen LogP contribution >= 0.6 is 22.9 Å². The molecule has 2 aromatic rings. The van der Waals surface area contributed by atoms with Gasteiger partial charge in [-0.05, 0) is 13.0 Å². The van der Waals surface area contributed by atoms with Crippen LogP contribution in [0.4, 0.5) is 0 Å². The summed E-state index contributed by atoms with van der Waals surface area (Å²) in [6.45, 7) is 2.10. The fraction of sp³-hybridized carbons (Fsp3) is 0.444. The Labute approximate surface area is 90.7 Å². The third-order valence-corrected chi connectivity index (χ3v) is 3.74. The molecule has 0 aromatic carbocycles. The molecular formula is C9H10ClN3S. The minimum atomic E-state index is 0.520. The molecule has 1 fully saturated rings. The first kappa shape index (κ1) is 8.71. The van der Waals surface area contributed by atoms with Gasteiger partial charge in [-0.3, -0.25) is 4.40 Å². The minimum absolute atomic E-state index is 0.520. The van der Waals surface area contributed by atoms with Crippen LogP contribution < -0.4 is 5.32 Å². The van der Waals surface area contributed by atoms with Crippen molar-refractivity contribution in [1.29, 1.82) is 0 Å². The van der Waals surface area contributed by atoms with Crippen LogP contribution in [0.1, 0.15) is 18.0 Å². The van der Waals surface area contributed by atoms with Crippen molar-refractivity contribution in [2.45, 2.75) is 12.3 Å². The number of imidazole rings is 1. The van der Waals surface area contributed by atoms with Crippen LogP contribution in [-0.4, -0.2) is 22.5 Å². The maximum Gasteiger partial charge on any atom is 0.195 e. The Balaban J connectivity index is 2.16. The molecule has 3 rings (SSSR count). The number of halogens is 1. The third-order valence-electron chi connectivity index (χ3n) is 2.70. The van der Waals surface area contributed by atoms with Crippen molar-refractivity contribution in [2.75, 3.05) is 13.1 Å². The quantitative estimate of drug-likeness (QED) is 0.809. The van der Waals surface area contributed by atoms with Gasteiger partial charge in [0.2, 0.25) is 0 Å². The van der Waals surface area contributed by atoms with E-state index in [2.05, 4.69) is 14.7 Å². The lowest BCUT2D eigenvalue weighted by atomic mass is 10.1. The Morgan fingerprint density at radius 1 is 1.64 bits per heavy atom. The zero-order valence-electron chi connectivity index (χ0n) is 7.53. The monoisotopic (exact) mass is 227 g/mol. The molecule has 0 spiro atoms. The molecule has 1 aliphatic heterocycles. The van der Waals surface area contributed by atoms with E-state index in [1.807, 2.05) is 11.6 Å². The highest BCUT2D eigenvalue weighted by Gasteiger charge is 2.23. The van der Waals surface area contributed by atoms with E-state index in [-0.39, 0.29) is 0 Å². The normalized spacial score (nSPS) is 22.2. The Morgan fingerprint density at radius 3 is 3.36 bits per heavy atom. The van der Waals surface area contributed by atoms with Gasteiger partial charge >= 0.3 is 0 Å². The second kappa shape index (κ2) is 3.22. The number of fused-ring (bicyclic) bond motifs is 1. The second-order valence-corrected chi connectivity index (χ2v) is 4.76. The topological polar surface area (TPSA) is 29.3 Å². The van der Waals surface area contributed by atoms with Crippen molar-refractivity contribution in [3.63, 3.8) is 0 Å². The summed E-state index contributed by atoms with van der Waals surface area (Å²) in [6, 6.07) is 0. The minimum Gasteiger partial charge on any atom is -0.316 e. The van der Waals surface area contributed by atoms with Crippen molar-refractivity contribution >= 4 is 27.9 Å². The number of nitrogens with zero attached hydrogens (tertiary/aromatic N) is 2. The molecular weight excluding hydrogens is 218 g/mol. The summed E-state index contributed by atoms with van der Waals surface area (Å²) in [5.74, 6) is 0.520. The molecule has 1 atom stereocenters. The van der Waals surface area contributed by atoms with Gasteiger partial charge in [0.1, 0.15) is 0 Å². The molecule has 0 amide bonds. The Morgan fingerprint density at radius 2 is 2.57 bits per heavy atom. The maximum atomic E-state index is 6.14. The fourth-order valence-corrected chi connectivity index (χ4v) is 3.13. The van der Waals surface area contributed by atoms with Crippen molar-refractivity contribution in [2.24, 2.45) is 0 Å². The van der Waals surface area contributed by atoms with Gasteiger partial charge < -0.3 is 5.32 Å². The molecule has 1 N–H and O–H groups in total. The van der Waals surface area contributed by atoms with Gasteiger partial charge in [-0.25, -0.2) is 4.98 Å². The van der Waals surface area contributed by atoms with E-state index in [0.717, 1.165) is 24.5 Å². The largest absolute Gasteiger partial charge is 0.316 e. The smallest absolute Gasteiger partial charge is 0.195 e. The van der Waals surface area contributed by atoms with Crippen LogP contribution in [0, 0.1) is 0 Å². The summed E-state index contributed by atoms with van der Waals surface area (Å²) in [4.78, 5) is 5.33. The summed E-state index contributed by atoms with van der Waals surface area (Å²) in [7, 11) is 0. The Kier molecular flexibility index (Phi) is 2.00. The van der Waals surface area contributed by atoms with E-state index < -0.39 is 0 Å². The van der Waals surface area contributed by atoms with E-state index in [9.17, 15) is 0 Å². The van der Waals surface area contributed by atoms with E-state index in [4.69, 9.17) is 11.6 Å². The number of thiazole rings is 1. The molecule has 14 heavy (non-hydrogen) atoms. The van der Waals surface area contributed by atoms with E-state index in [0.29, 0.717) is 11.1 Å². The molecule has 3 nitrogen and oxygen atoms in total. The van der Waals surface area contributed by atoms with Gasteiger partial charge in [0.05, 0.1) is 5.69 Å². The number of hydrogen-bond donors (Lipinski definition) is 1. The average molecular weight is 228 g/mol. The summed E-state index contributed by atoms with van der Waals surface area (Å²) in [5.41, 5.74) is 1.17. The molecule has 0 radical (unpaired) electrons. The van der Waals surface area contributed by atoms with Crippen molar-refractivity contribution in [3.8, 4) is 0 Å². The van der Waals surface area contributed by atoms with Gasteiger partial charge in [-0.2, -0.15) is 0 Å². The summed E-state index contributed by atoms with van der Waals surface area (Å²) < 4.78 is 2.12. The van der Waals surface area contributed by atoms with Gasteiger partial charge in [-0.1, -0.05) is 11.6 Å². The molecule has 5 heteroatoms. The average Bonchev–Trinajstić information content (AvgIpc) is 2.78. The summed E-state index contributed by atoms with van der Waals surface area (Å²) >= 11 is 7.76. The Bertz CT molecular complexity index is 456. The zero-order chi connectivity index (χ0) is 9.54. The van der Waals surface area contributed by atoms with Gasteiger partial charge in [-0.15, -0.1) is 11.3 Å². The van der Waals surface area contributed by atoms with Crippen LogP contribution in [0.3, 0.4) is 0 Å². The fourth-order valence-electron chi connectivity index (χ4n) is 2.03. The van der Waals surface area contributed by atoms with E-state index in [1.54, 1.807) is 11.3 Å². The second-order valence-electron chi connectivity index (χ2n) is 3.53. The first-order valence-electron chi connectivity index (χ1n) is 4.68. The van der Waals surface area contributed by atoms with Crippen LogP contribution in [0.15, 0.2) is 11.6 Å². The molecule has 1 aliphatic rings. The molecule has 0 bridgehead atoms. The highest BCUT2D eigenvalue weighted by molar-refractivity contribution is 7.15. The van der Waals surface area contributed by atoms with Crippen molar-refractivity contribution in [3.05, 3.63) is 22.4 Å². The molecule has 0 saturated carbocycles. The lowest BCUT2D eigenvalue weighted by Crippen LogP contribution is -2.09. The van der Waals surface area contributed by atoms with Gasteiger partial charge in [0.15, 0.2) is 10.1 Å². The van der Waals surface area contributed by atoms with Gasteiger partial charge in [0.25, 0.3) is 0 Å². The summed E-state index contributed by atoms with van der Waals surface area (Å²) in [5, 5.41) is 6.07. The highest BCUT2D eigenvalue weighted by atomic mass is 35.5. The van der Waals surface area contributed by atoms with Crippen LogP contribution in [-0.2, 0) is 0 Å². The first-order chi connectivity index (χ1) is 6.86. The first-order valence-corrected chi connectivity index (χ1v) is 5.93. The van der Waals surface area contributed by atoms with Crippen molar-refractivity contribution < 1.29 is 0 Å². The molecule has 1 unspecified atom stereocenters. The predicted molar refractivity (Wildman–Crippen MR) is 58.3 cm³/mol. The maximum absolute atomic E-state index is 6.14. The van der Waals surface area contributed by atoms with Crippen molar-refractivity contribution in [1.82, 2.24) is 14.7 Å². The molecule has 74 valence electrons. The number of rotatable bonds is 1.